The summed E-state index contributed by atoms with van der Waals surface area (Å²) in [6.07, 6.45) is 7.10. The molecule has 7 nitrogen and oxygen atoms in total. The van der Waals surface area contributed by atoms with Crippen LogP contribution in [0.5, 0.6) is 0 Å². The number of anilines is 1. The molecule has 24 heavy (non-hydrogen) atoms. The van der Waals surface area contributed by atoms with Gasteiger partial charge in [0.25, 0.3) is 11.7 Å². The Kier molecular flexibility index (Phi) is 3.34. The fourth-order valence-corrected chi connectivity index (χ4v) is 2.35. The maximum atomic E-state index is 12.3. The molecule has 0 aliphatic heterocycles. The van der Waals surface area contributed by atoms with Crippen LogP contribution >= 0.6 is 0 Å². The lowest BCUT2D eigenvalue weighted by molar-refractivity contribution is 0.101. The second kappa shape index (κ2) is 5.52. The van der Waals surface area contributed by atoms with Crippen molar-refractivity contribution in [3.8, 4) is 11.1 Å². The third kappa shape index (κ3) is 2.76. The van der Waals surface area contributed by atoms with E-state index in [-0.39, 0.29) is 11.2 Å². The molecule has 0 spiro atoms. The second-order valence-electron chi connectivity index (χ2n) is 6.11. The number of carbonyl (C=O) groups is 1. The van der Waals surface area contributed by atoms with E-state index in [1.54, 1.807) is 24.7 Å². The van der Waals surface area contributed by atoms with Crippen LogP contribution in [-0.4, -0.2) is 26.0 Å². The van der Waals surface area contributed by atoms with Crippen molar-refractivity contribution in [1.82, 2.24) is 20.1 Å². The number of hydrogen-bond acceptors (Lipinski definition) is 6. The summed E-state index contributed by atoms with van der Waals surface area (Å²) >= 11 is 0. The van der Waals surface area contributed by atoms with Crippen LogP contribution < -0.4 is 5.32 Å². The van der Waals surface area contributed by atoms with Gasteiger partial charge in [0.2, 0.25) is 5.89 Å². The van der Waals surface area contributed by atoms with Gasteiger partial charge in [-0.05, 0) is 36.6 Å². The average molecular weight is 321 g/mol. The molecule has 1 fully saturated rings. The maximum Gasteiger partial charge on any atom is 0.298 e. The SMILES string of the molecule is CC1(c2nc(C(=O)Nc3cc(-c4cccnc4)ccn3)no2)CC1. The highest BCUT2D eigenvalue weighted by atomic mass is 16.5. The van der Waals surface area contributed by atoms with Gasteiger partial charge in [-0.3, -0.25) is 9.78 Å². The molecule has 0 aromatic carbocycles. The van der Waals surface area contributed by atoms with E-state index in [1.807, 2.05) is 25.1 Å². The molecule has 3 aromatic heterocycles. The van der Waals surface area contributed by atoms with Gasteiger partial charge in [0.15, 0.2) is 0 Å². The third-order valence-electron chi connectivity index (χ3n) is 4.14. The number of hydrogen-bond donors (Lipinski definition) is 1. The molecular formula is C17H15N5O2. The van der Waals surface area contributed by atoms with Gasteiger partial charge in [0.05, 0.1) is 0 Å². The number of rotatable bonds is 4. The maximum absolute atomic E-state index is 12.3. The lowest BCUT2D eigenvalue weighted by Crippen LogP contribution is -2.15. The molecule has 0 bridgehead atoms. The zero-order chi connectivity index (χ0) is 16.6. The van der Waals surface area contributed by atoms with Gasteiger partial charge < -0.3 is 9.84 Å². The van der Waals surface area contributed by atoms with Crippen molar-refractivity contribution in [2.45, 2.75) is 25.2 Å². The molecule has 0 unspecified atom stereocenters. The molecule has 120 valence electrons. The minimum atomic E-state index is -0.440. The summed E-state index contributed by atoms with van der Waals surface area (Å²) in [5.74, 6) is 0.520. The van der Waals surface area contributed by atoms with Gasteiger partial charge in [0.1, 0.15) is 5.82 Å². The van der Waals surface area contributed by atoms with Crippen LogP contribution in [0.4, 0.5) is 5.82 Å². The Hall–Kier alpha value is -3.09. The second-order valence-corrected chi connectivity index (χ2v) is 6.11. The first-order valence-electron chi connectivity index (χ1n) is 7.66. The number of nitrogens with zero attached hydrogens (tertiary/aromatic N) is 4. The highest BCUT2D eigenvalue weighted by Crippen LogP contribution is 2.46. The van der Waals surface area contributed by atoms with Crippen molar-refractivity contribution in [3.63, 3.8) is 0 Å². The van der Waals surface area contributed by atoms with Crippen molar-refractivity contribution in [2.75, 3.05) is 5.32 Å². The largest absolute Gasteiger partial charge is 0.338 e. The molecule has 0 atom stereocenters. The molecule has 7 heteroatoms. The molecular weight excluding hydrogens is 306 g/mol. The topological polar surface area (TPSA) is 93.8 Å². The van der Waals surface area contributed by atoms with E-state index in [4.69, 9.17) is 4.52 Å². The number of pyridine rings is 2. The molecule has 1 aliphatic rings. The van der Waals surface area contributed by atoms with E-state index < -0.39 is 5.91 Å². The molecule has 1 aliphatic carbocycles. The van der Waals surface area contributed by atoms with Crippen LogP contribution in [-0.2, 0) is 5.41 Å². The molecule has 0 saturated heterocycles. The molecule has 1 amide bonds. The first-order chi connectivity index (χ1) is 11.6. The van der Waals surface area contributed by atoms with E-state index in [0.29, 0.717) is 11.7 Å². The monoisotopic (exact) mass is 321 g/mol. The van der Waals surface area contributed by atoms with Crippen molar-refractivity contribution < 1.29 is 9.32 Å². The lowest BCUT2D eigenvalue weighted by Gasteiger charge is -2.04. The quantitative estimate of drug-likeness (QED) is 0.794. The van der Waals surface area contributed by atoms with Crippen molar-refractivity contribution in [1.29, 1.82) is 0 Å². The summed E-state index contributed by atoms with van der Waals surface area (Å²) in [5.41, 5.74) is 1.79. The van der Waals surface area contributed by atoms with E-state index in [2.05, 4.69) is 25.4 Å². The zero-order valence-electron chi connectivity index (χ0n) is 13.1. The van der Waals surface area contributed by atoms with Gasteiger partial charge >= 0.3 is 0 Å². The first kappa shape index (κ1) is 14.5. The van der Waals surface area contributed by atoms with Crippen LogP contribution in [0.3, 0.4) is 0 Å². The van der Waals surface area contributed by atoms with Crippen molar-refractivity contribution in [3.05, 3.63) is 54.6 Å². The summed E-state index contributed by atoms with van der Waals surface area (Å²) in [7, 11) is 0. The first-order valence-corrected chi connectivity index (χ1v) is 7.66. The number of carbonyl (C=O) groups excluding carboxylic acids is 1. The van der Waals surface area contributed by atoms with E-state index in [0.717, 1.165) is 24.0 Å². The summed E-state index contributed by atoms with van der Waals surface area (Å²) in [5, 5.41) is 6.46. The standard InChI is InChI=1S/C17H15N5O2/c1-17(5-6-17)16-21-14(22-24-16)15(23)20-13-9-11(4-8-19-13)12-3-2-7-18-10-12/h2-4,7-10H,5-6H2,1H3,(H,19,20,23). The minimum absolute atomic E-state index is 0.0201. The lowest BCUT2D eigenvalue weighted by atomic mass is 10.1. The summed E-state index contributed by atoms with van der Waals surface area (Å²) < 4.78 is 5.19. The van der Waals surface area contributed by atoms with Crippen LogP contribution in [0.15, 0.2) is 47.4 Å². The van der Waals surface area contributed by atoms with E-state index >= 15 is 0 Å². The Morgan fingerprint density at radius 2 is 2.12 bits per heavy atom. The van der Waals surface area contributed by atoms with Gasteiger partial charge in [0, 0.05) is 29.6 Å². The fourth-order valence-electron chi connectivity index (χ4n) is 2.35. The average Bonchev–Trinajstić information content (AvgIpc) is 3.16. The van der Waals surface area contributed by atoms with Gasteiger partial charge in [-0.15, -0.1) is 0 Å². The van der Waals surface area contributed by atoms with Gasteiger partial charge in [-0.2, -0.15) is 4.98 Å². The van der Waals surface area contributed by atoms with Crippen LogP contribution in [0.25, 0.3) is 11.1 Å². The fraction of sp³-hybridized carbons (Fsp3) is 0.235. The normalized spacial score (nSPS) is 15.0. The van der Waals surface area contributed by atoms with Gasteiger partial charge in [-0.1, -0.05) is 18.1 Å². The Morgan fingerprint density at radius 3 is 2.88 bits per heavy atom. The Morgan fingerprint density at radius 1 is 1.25 bits per heavy atom. The van der Waals surface area contributed by atoms with Gasteiger partial charge in [-0.25, -0.2) is 4.98 Å². The smallest absolute Gasteiger partial charge is 0.298 e. The van der Waals surface area contributed by atoms with Crippen LogP contribution in [0.1, 0.15) is 36.3 Å². The van der Waals surface area contributed by atoms with Crippen molar-refractivity contribution in [2.24, 2.45) is 0 Å². The van der Waals surface area contributed by atoms with Crippen molar-refractivity contribution >= 4 is 11.7 Å². The molecule has 1 saturated carbocycles. The van der Waals surface area contributed by atoms with Crippen LogP contribution in [0.2, 0.25) is 0 Å². The highest BCUT2D eigenvalue weighted by molar-refractivity contribution is 6.01. The Bertz CT molecular complexity index is 887. The third-order valence-corrected chi connectivity index (χ3v) is 4.14. The summed E-state index contributed by atoms with van der Waals surface area (Å²) in [4.78, 5) is 24.7. The number of amides is 1. The zero-order valence-corrected chi connectivity index (χ0v) is 13.1. The predicted octanol–water partition coefficient (Wildman–Crippen LogP) is 2.83. The highest BCUT2D eigenvalue weighted by Gasteiger charge is 2.44. The summed E-state index contributed by atoms with van der Waals surface area (Å²) in [6.45, 7) is 2.04. The molecule has 3 aromatic rings. The van der Waals surface area contributed by atoms with E-state index in [1.165, 1.54) is 0 Å². The Labute approximate surface area is 138 Å². The summed E-state index contributed by atoms with van der Waals surface area (Å²) in [6, 6.07) is 7.42. The minimum Gasteiger partial charge on any atom is -0.338 e. The number of nitrogens with one attached hydrogen (secondary N) is 1. The Balaban J connectivity index is 1.53. The van der Waals surface area contributed by atoms with E-state index in [9.17, 15) is 4.79 Å². The predicted molar refractivity (Wildman–Crippen MR) is 86.3 cm³/mol. The molecule has 3 heterocycles. The number of aromatic nitrogens is 4. The molecule has 1 N–H and O–H groups in total. The molecule has 4 rings (SSSR count). The van der Waals surface area contributed by atoms with Crippen LogP contribution in [0, 0.1) is 0 Å². The molecule has 0 radical (unpaired) electrons.